The molecule has 0 aliphatic carbocycles. The fraction of sp³-hybridized carbons (Fsp3) is 1.00. The summed E-state index contributed by atoms with van der Waals surface area (Å²) in [5, 5.41) is 3.50. The molecule has 0 aromatic rings. The quantitative estimate of drug-likeness (QED) is 0.516. The maximum atomic E-state index is 5.49. The largest absolute Gasteiger partial charge is 0.383 e. The van der Waals surface area contributed by atoms with E-state index < -0.39 is 0 Å². The maximum absolute atomic E-state index is 5.49. The van der Waals surface area contributed by atoms with Gasteiger partial charge in [-0.2, -0.15) is 0 Å². The van der Waals surface area contributed by atoms with Gasteiger partial charge in [0.25, 0.3) is 0 Å². The number of ether oxygens (including phenoxy) is 1. The summed E-state index contributed by atoms with van der Waals surface area (Å²) in [6.45, 7) is 3.72. The number of nitrogens with zero attached hydrogens (tertiary/aromatic N) is 1. The Bertz CT molecular complexity index is 131. The van der Waals surface area contributed by atoms with Gasteiger partial charge in [-0.1, -0.05) is 0 Å². The van der Waals surface area contributed by atoms with Gasteiger partial charge in [0.15, 0.2) is 0 Å². The number of nitrogens with one attached hydrogen (secondary N) is 1. The highest BCUT2D eigenvalue weighted by atomic mass is 16.5. The Hall–Kier alpha value is -0.160. The van der Waals surface area contributed by atoms with Crippen molar-refractivity contribution in [2.75, 3.05) is 47.4 Å². The average molecular weight is 217 g/mol. The van der Waals surface area contributed by atoms with E-state index in [0.29, 0.717) is 6.04 Å². The van der Waals surface area contributed by atoms with Crippen molar-refractivity contribution >= 4 is 0 Å². The average Bonchev–Trinajstić information content (AvgIpc) is 2.20. The summed E-state index contributed by atoms with van der Waals surface area (Å²) in [7, 11) is 5.94. The van der Waals surface area contributed by atoms with Crippen LogP contribution in [0.1, 0.15) is 19.3 Å². The zero-order valence-electron chi connectivity index (χ0n) is 10.5. The summed E-state index contributed by atoms with van der Waals surface area (Å²) < 4.78 is 5.17. The highest BCUT2D eigenvalue weighted by Crippen LogP contribution is 1.97. The van der Waals surface area contributed by atoms with Crippen LogP contribution in [0.5, 0.6) is 0 Å². The molecule has 0 amide bonds. The molecule has 0 saturated carbocycles. The van der Waals surface area contributed by atoms with Crippen molar-refractivity contribution in [1.82, 2.24) is 10.2 Å². The third-order valence-corrected chi connectivity index (χ3v) is 2.34. The van der Waals surface area contributed by atoms with E-state index >= 15 is 0 Å². The van der Waals surface area contributed by atoms with E-state index in [-0.39, 0.29) is 0 Å². The van der Waals surface area contributed by atoms with Gasteiger partial charge in [-0.15, -0.1) is 0 Å². The molecule has 0 saturated heterocycles. The lowest BCUT2D eigenvalue weighted by molar-refractivity contribution is 0.161. The third kappa shape index (κ3) is 10.1. The van der Waals surface area contributed by atoms with E-state index in [1.54, 1.807) is 7.11 Å². The molecule has 15 heavy (non-hydrogen) atoms. The van der Waals surface area contributed by atoms with Crippen molar-refractivity contribution in [3.8, 4) is 0 Å². The molecule has 3 N–H and O–H groups in total. The fourth-order valence-electron chi connectivity index (χ4n) is 1.51. The summed E-state index contributed by atoms with van der Waals surface area (Å²) in [5.74, 6) is 0. The van der Waals surface area contributed by atoms with Crippen LogP contribution < -0.4 is 11.1 Å². The second-order valence-electron chi connectivity index (χ2n) is 4.19. The Labute approximate surface area is 94.2 Å². The molecule has 0 bridgehead atoms. The normalized spacial score (nSPS) is 13.4. The van der Waals surface area contributed by atoms with Crippen LogP contribution in [0.25, 0.3) is 0 Å². The topological polar surface area (TPSA) is 50.5 Å². The van der Waals surface area contributed by atoms with Crippen LogP contribution in [0, 0.1) is 0 Å². The number of methoxy groups -OCH3 is 1. The number of nitrogens with two attached hydrogens (primary N) is 1. The number of hydrogen-bond donors (Lipinski definition) is 2. The highest BCUT2D eigenvalue weighted by Gasteiger charge is 2.06. The lowest BCUT2D eigenvalue weighted by Crippen LogP contribution is -2.35. The van der Waals surface area contributed by atoms with Crippen molar-refractivity contribution in [3.63, 3.8) is 0 Å². The first-order valence-electron chi connectivity index (χ1n) is 5.77. The standard InChI is InChI=1S/C11H27N3O/c1-14(2)9-5-8-13-11(10-15-3)6-4-7-12/h11,13H,4-10,12H2,1-3H3. The summed E-state index contributed by atoms with van der Waals surface area (Å²) in [4.78, 5) is 2.20. The monoisotopic (exact) mass is 217 g/mol. The molecule has 0 aliphatic heterocycles. The van der Waals surface area contributed by atoms with Crippen LogP contribution in [0.4, 0.5) is 0 Å². The van der Waals surface area contributed by atoms with Crippen molar-refractivity contribution in [2.24, 2.45) is 5.73 Å². The zero-order valence-corrected chi connectivity index (χ0v) is 10.5. The molecule has 4 nitrogen and oxygen atoms in total. The van der Waals surface area contributed by atoms with Gasteiger partial charge in [-0.05, 0) is 53.0 Å². The van der Waals surface area contributed by atoms with Crippen molar-refractivity contribution in [2.45, 2.75) is 25.3 Å². The van der Waals surface area contributed by atoms with Crippen LogP contribution in [-0.4, -0.2) is 58.4 Å². The first-order chi connectivity index (χ1) is 7.20. The lowest BCUT2D eigenvalue weighted by Gasteiger charge is -2.18. The Balaban J connectivity index is 3.47. The van der Waals surface area contributed by atoms with Gasteiger partial charge in [0, 0.05) is 13.2 Å². The second kappa shape index (κ2) is 10.4. The van der Waals surface area contributed by atoms with E-state index in [1.807, 2.05) is 0 Å². The van der Waals surface area contributed by atoms with Crippen molar-refractivity contribution in [3.05, 3.63) is 0 Å². The van der Waals surface area contributed by atoms with Gasteiger partial charge >= 0.3 is 0 Å². The van der Waals surface area contributed by atoms with Crippen LogP contribution in [0.2, 0.25) is 0 Å². The molecule has 1 atom stereocenters. The van der Waals surface area contributed by atoms with E-state index in [1.165, 1.54) is 6.42 Å². The molecule has 1 unspecified atom stereocenters. The molecule has 0 fully saturated rings. The minimum absolute atomic E-state index is 0.459. The minimum Gasteiger partial charge on any atom is -0.383 e. The highest BCUT2D eigenvalue weighted by molar-refractivity contribution is 4.66. The molecule has 92 valence electrons. The van der Waals surface area contributed by atoms with Gasteiger partial charge in [0.05, 0.1) is 6.61 Å². The van der Waals surface area contributed by atoms with Gasteiger partial charge in [0.1, 0.15) is 0 Å². The van der Waals surface area contributed by atoms with Crippen LogP contribution in [0.15, 0.2) is 0 Å². The van der Waals surface area contributed by atoms with Gasteiger partial charge in [-0.25, -0.2) is 0 Å². The van der Waals surface area contributed by atoms with E-state index in [0.717, 1.165) is 39.1 Å². The van der Waals surface area contributed by atoms with Gasteiger partial charge in [0.2, 0.25) is 0 Å². The minimum atomic E-state index is 0.459. The van der Waals surface area contributed by atoms with Crippen molar-refractivity contribution < 1.29 is 4.74 Å². The SMILES string of the molecule is COCC(CCCN)NCCCN(C)C. The fourth-order valence-corrected chi connectivity index (χ4v) is 1.51. The lowest BCUT2D eigenvalue weighted by atomic mass is 10.1. The Morgan fingerprint density at radius 3 is 2.60 bits per heavy atom. The molecule has 0 heterocycles. The smallest absolute Gasteiger partial charge is 0.0615 e. The molecule has 0 aromatic heterocycles. The molecule has 0 aliphatic rings. The van der Waals surface area contributed by atoms with Gasteiger partial charge in [-0.3, -0.25) is 0 Å². The molecule has 0 spiro atoms. The first-order valence-corrected chi connectivity index (χ1v) is 5.77. The Morgan fingerprint density at radius 1 is 1.33 bits per heavy atom. The van der Waals surface area contributed by atoms with E-state index in [2.05, 4.69) is 24.3 Å². The summed E-state index contributed by atoms with van der Waals surface area (Å²) in [6, 6.07) is 0.459. The molecule has 0 rings (SSSR count). The predicted octanol–water partition coefficient (Wildman–Crippen LogP) is 0.282. The molecular formula is C11H27N3O. The Kier molecular flexibility index (Phi) is 10.3. The van der Waals surface area contributed by atoms with Crippen LogP contribution >= 0.6 is 0 Å². The molecule has 0 radical (unpaired) electrons. The predicted molar refractivity (Wildman–Crippen MR) is 65.1 cm³/mol. The summed E-state index contributed by atoms with van der Waals surface area (Å²) >= 11 is 0. The summed E-state index contributed by atoms with van der Waals surface area (Å²) in [5.41, 5.74) is 5.49. The molecule has 0 aromatic carbocycles. The van der Waals surface area contributed by atoms with E-state index in [4.69, 9.17) is 10.5 Å². The zero-order chi connectivity index (χ0) is 11.5. The number of hydrogen-bond acceptors (Lipinski definition) is 4. The van der Waals surface area contributed by atoms with Gasteiger partial charge < -0.3 is 20.7 Å². The molecule has 4 heteroatoms. The first kappa shape index (κ1) is 14.8. The number of rotatable bonds is 10. The maximum Gasteiger partial charge on any atom is 0.0615 e. The molecular weight excluding hydrogens is 190 g/mol. The van der Waals surface area contributed by atoms with Crippen LogP contribution in [-0.2, 0) is 4.74 Å². The third-order valence-electron chi connectivity index (χ3n) is 2.34. The van der Waals surface area contributed by atoms with Crippen LogP contribution in [0.3, 0.4) is 0 Å². The Morgan fingerprint density at radius 2 is 2.07 bits per heavy atom. The summed E-state index contributed by atoms with van der Waals surface area (Å²) in [6.07, 6.45) is 3.34. The second-order valence-corrected chi connectivity index (χ2v) is 4.19. The van der Waals surface area contributed by atoms with E-state index in [9.17, 15) is 0 Å². The van der Waals surface area contributed by atoms with Crippen molar-refractivity contribution in [1.29, 1.82) is 0 Å².